The highest BCUT2D eigenvalue weighted by Gasteiger charge is 2.68. The zero-order valence-corrected chi connectivity index (χ0v) is 13.9. The summed E-state index contributed by atoms with van der Waals surface area (Å²) in [6, 6.07) is 0. The minimum atomic E-state index is -0.635. The van der Waals surface area contributed by atoms with Crippen LogP contribution in [0.25, 0.3) is 0 Å². The van der Waals surface area contributed by atoms with Gasteiger partial charge in [-0.1, -0.05) is 34.3 Å². The Morgan fingerprint density at radius 2 is 1.95 bits per heavy atom. The molecule has 3 fully saturated rings. The van der Waals surface area contributed by atoms with E-state index in [0.29, 0.717) is 11.8 Å². The maximum absolute atomic E-state index is 12.4. The van der Waals surface area contributed by atoms with Crippen LogP contribution < -0.4 is 0 Å². The van der Waals surface area contributed by atoms with Crippen molar-refractivity contribution in [2.45, 2.75) is 52.2 Å². The molecule has 5 atom stereocenters. The number of carbonyl (C=O) groups is 2. The fraction of sp³-hybridized carbons (Fsp3) is 0.778. The van der Waals surface area contributed by atoms with Gasteiger partial charge in [-0.2, -0.15) is 0 Å². The van der Waals surface area contributed by atoms with Crippen molar-refractivity contribution in [2.75, 3.05) is 0 Å². The van der Waals surface area contributed by atoms with Crippen molar-refractivity contribution in [1.82, 2.24) is 0 Å². The molecule has 0 spiro atoms. The first-order valence-corrected chi connectivity index (χ1v) is 8.38. The zero-order chi connectivity index (χ0) is 16.2. The summed E-state index contributed by atoms with van der Waals surface area (Å²) in [5.41, 5.74) is -0.635. The highest BCUT2D eigenvalue weighted by molar-refractivity contribution is 5.82. The van der Waals surface area contributed by atoms with E-state index in [1.807, 2.05) is 0 Å². The molecule has 3 rings (SSSR count). The lowest BCUT2D eigenvalue weighted by atomic mass is 9.62. The molecule has 4 nitrogen and oxygen atoms in total. The van der Waals surface area contributed by atoms with E-state index in [2.05, 4.69) is 34.3 Å². The van der Waals surface area contributed by atoms with Crippen molar-refractivity contribution in [3.05, 3.63) is 12.7 Å². The minimum Gasteiger partial charge on any atom is -0.462 e. The van der Waals surface area contributed by atoms with Gasteiger partial charge >= 0.3 is 11.9 Å². The largest absolute Gasteiger partial charge is 0.462 e. The van der Waals surface area contributed by atoms with E-state index in [9.17, 15) is 9.59 Å². The Labute approximate surface area is 132 Å². The first kappa shape index (κ1) is 15.6. The van der Waals surface area contributed by atoms with E-state index >= 15 is 0 Å². The van der Waals surface area contributed by atoms with Crippen LogP contribution in [-0.2, 0) is 19.1 Å². The molecular weight excluding hydrogens is 280 g/mol. The molecule has 2 bridgehead atoms. The van der Waals surface area contributed by atoms with Gasteiger partial charge in [0, 0.05) is 17.9 Å². The van der Waals surface area contributed by atoms with Crippen molar-refractivity contribution in [1.29, 1.82) is 0 Å². The lowest BCUT2D eigenvalue weighted by molar-refractivity contribution is -0.187. The molecule has 0 aromatic rings. The molecular formula is C18H26O4. The second-order valence-electron chi connectivity index (χ2n) is 7.71. The summed E-state index contributed by atoms with van der Waals surface area (Å²) in [5.74, 6) is 0.475. The summed E-state index contributed by atoms with van der Waals surface area (Å²) >= 11 is 0. The highest BCUT2D eigenvalue weighted by Crippen LogP contribution is 2.63. The summed E-state index contributed by atoms with van der Waals surface area (Å²) in [5, 5.41) is 0. The van der Waals surface area contributed by atoms with Crippen LogP contribution in [0.15, 0.2) is 12.7 Å². The van der Waals surface area contributed by atoms with Crippen LogP contribution in [-0.4, -0.2) is 23.6 Å². The summed E-state index contributed by atoms with van der Waals surface area (Å²) < 4.78 is 11.5. The predicted molar refractivity (Wildman–Crippen MR) is 81.8 cm³/mol. The summed E-state index contributed by atoms with van der Waals surface area (Å²) in [6.45, 7) is 11.9. The zero-order valence-electron chi connectivity index (χ0n) is 13.9. The van der Waals surface area contributed by atoms with Crippen LogP contribution in [0.2, 0.25) is 0 Å². The number of hydrogen-bond acceptors (Lipinski definition) is 4. The first-order valence-electron chi connectivity index (χ1n) is 8.38. The lowest BCUT2D eigenvalue weighted by Gasteiger charge is -2.48. The Morgan fingerprint density at radius 3 is 2.50 bits per heavy atom. The third-order valence-corrected chi connectivity index (χ3v) is 6.25. The van der Waals surface area contributed by atoms with Gasteiger partial charge in [-0.3, -0.25) is 4.79 Å². The van der Waals surface area contributed by atoms with Gasteiger partial charge in [0.05, 0.1) is 5.92 Å². The summed E-state index contributed by atoms with van der Waals surface area (Å²) in [7, 11) is 0. The van der Waals surface area contributed by atoms with Crippen LogP contribution in [0.5, 0.6) is 0 Å². The van der Waals surface area contributed by atoms with Gasteiger partial charge in [0.1, 0.15) is 11.7 Å². The molecule has 5 unspecified atom stereocenters. The van der Waals surface area contributed by atoms with Gasteiger partial charge in [0.2, 0.25) is 0 Å². The molecule has 0 aromatic carbocycles. The van der Waals surface area contributed by atoms with Crippen molar-refractivity contribution in [3.63, 3.8) is 0 Å². The number of carbonyl (C=O) groups excluding carboxylic acids is 2. The Hall–Kier alpha value is -1.32. The topological polar surface area (TPSA) is 52.6 Å². The van der Waals surface area contributed by atoms with Gasteiger partial charge in [-0.05, 0) is 30.6 Å². The van der Waals surface area contributed by atoms with E-state index in [0.717, 1.165) is 12.8 Å². The number of ether oxygens (including phenoxy) is 2. The van der Waals surface area contributed by atoms with Crippen LogP contribution in [0.4, 0.5) is 0 Å². The maximum Gasteiger partial charge on any atom is 0.330 e. The molecule has 22 heavy (non-hydrogen) atoms. The fourth-order valence-electron chi connectivity index (χ4n) is 5.59. The third-order valence-electron chi connectivity index (χ3n) is 6.25. The number of esters is 2. The van der Waals surface area contributed by atoms with E-state index < -0.39 is 11.6 Å². The first-order chi connectivity index (χ1) is 10.3. The molecule has 1 aliphatic heterocycles. The molecule has 4 heteroatoms. The average Bonchev–Trinajstić information content (AvgIpc) is 3.05. The van der Waals surface area contributed by atoms with Crippen molar-refractivity contribution >= 4 is 11.9 Å². The smallest absolute Gasteiger partial charge is 0.330 e. The molecule has 122 valence electrons. The molecule has 1 heterocycles. The number of fused-ring (bicyclic) bond motifs is 1. The van der Waals surface area contributed by atoms with Gasteiger partial charge in [0.15, 0.2) is 0 Å². The van der Waals surface area contributed by atoms with Gasteiger partial charge < -0.3 is 9.47 Å². The third kappa shape index (κ3) is 1.88. The molecule has 1 saturated heterocycles. The standard InChI is InChI=1S/C18H26O4/c1-6-14(19)22-18(9(2)3,10(4)5)16-11-7-12-13(8-11)21-17(20)15(12)16/h6,9-13,15-16H,1,7-8H2,2-5H3. The fourth-order valence-corrected chi connectivity index (χ4v) is 5.59. The van der Waals surface area contributed by atoms with Crippen LogP contribution in [0.3, 0.4) is 0 Å². The molecule has 0 N–H and O–H groups in total. The maximum atomic E-state index is 12.4. The van der Waals surface area contributed by atoms with E-state index in [-0.39, 0.29) is 35.7 Å². The van der Waals surface area contributed by atoms with Gasteiger partial charge in [-0.15, -0.1) is 0 Å². The Balaban J connectivity index is 2.04. The van der Waals surface area contributed by atoms with E-state index in [4.69, 9.17) is 9.47 Å². The van der Waals surface area contributed by atoms with Crippen LogP contribution in [0, 0.1) is 35.5 Å². The Kier molecular flexibility index (Phi) is 3.61. The van der Waals surface area contributed by atoms with Gasteiger partial charge in [-0.25, -0.2) is 4.79 Å². The lowest BCUT2D eigenvalue weighted by Crippen LogP contribution is -2.56. The van der Waals surface area contributed by atoms with Crippen LogP contribution >= 0.6 is 0 Å². The summed E-state index contributed by atoms with van der Waals surface area (Å²) in [4.78, 5) is 24.4. The quantitative estimate of drug-likeness (QED) is 0.579. The Bertz CT molecular complexity index is 497. The Morgan fingerprint density at radius 1 is 1.32 bits per heavy atom. The second kappa shape index (κ2) is 5.10. The van der Waals surface area contributed by atoms with Crippen molar-refractivity contribution < 1.29 is 19.1 Å². The van der Waals surface area contributed by atoms with Crippen molar-refractivity contribution in [2.24, 2.45) is 35.5 Å². The van der Waals surface area contributed by atoms with Crippen LogP contribution in [0.1, 0.15) is 40.5 Å². The molecule has 0 radical (unpaired) electrons. The molecule has 2 saturated carbocycles. The monoisotopic (exact) mass is 306 g/mol. The second-order valence-corrected chi connectivity index (χ2v) is 7.71. The molecule has 2 aliphatic carbocycles. The number of rotatable bonds is 5. The summed E-state index contributed by atoms with van der Waals surface area (Å²) in [6.07, 6.45) is 3.27. The normalized spacial score (nSPS) is 36.1. The minimum absolute atomic E-state index is 0.0626. The molecule has 0 amide bonds. The van der Waals surface area contributed by atoms with Crippen molar-refractivity contribution in [3.8, 4) is 0 Å². The van der Waals surface area contributed by atoms with E-state index in [1.165, 1.54) is 6.08 Å². The number of hydrogen-bond donors (Lipinski definition) is 0. The average molecular weight is 306 g/mol. The van der Waals surface area contributed by atoms with Gasteiger partial charge in [0.25, 0.3) is 0 Å². The highest BCUT2D eigenvalue weighted by atomic mass is 16.6. The predicted octanol–water partition coefficient (Wildman–Crippen LogP) is 2.96. The SMILES string of the molecule is C=CC(=O)OC(C(C)C)(C(C)C)C1C2CC3OC(=O)C1C3C2. The molecule has 0 aromatic heterocycles. The molecule has 3 aliphatic rings. The van der Waals surface area contributed by atoms with E-state index in [1.54, 1.807) is 0 Å².